The predicted molar refractivity (Wildman–Crippen MR) is 97.5 cm³/mol. The van der Waals surface area contributed by atoms with E-state index in [0.717, 1.165) is 23.0 Å². The second-order valence-corrected chi connectivity index (χ2v) is 5.46. The Kier molecular flexibility index (Phi) is 4.60. The molecular weight excluding hydrogens is 310 g/mol. The number of nitriles is 2. The highest BCUT2D eigenvalue weighted by molar-refractivity contribution is 5.99. The molecule has 120 valence electrons. The molecule has 0 radical (unpaired) electrons. The number of rotatable bonds is 4. The molecule has 2 aromatic carbocycles. The molecule has 0 saturated carbocycles. The third-order valence-corrected chi connectivity index (χ3v) is 3.83. The number of hydrogen-bond donors (Lipinski definition) is 1. The minimum Gasteiger partial charge on any atom is -0.388 e. The Labute approximate surface area is 145 Å². The van der Waals surface area contributed by atoms with E-state index in [1.807, 2.05) is 54.7 Å². The van der Waals surface area contributed by atoms with Crippen LogP contribution in [0.4, 0.5) is 0 Å². The lowest BCUT2D eigenvalue weighted by atomic mass is 10.2. The van der Waals surface area contributed by atoms with Crippen LogP contribution >= 0.6 is 0 Å². The molecule has 0 aliphatic heterocycles. The summed E-state index contributed by atoms with van der Waals surface area (Å²) in [5, 5.41) is 18.9. The van der Waals surface area contributed by atoms with E-state index in [4.69, 9.17) is 16.3 Å². The van der Waals surface area contributed by atoms with Crippen molar-refractivity contribution in [1.82, 2.24) is 4.57 Å². The minimum absolute atomic E-state index is 0.0811. The van der Waals surface area contributed by atoms with Crippen LogP contribution in [0.25, 0.3) is 10.9 Å². The molecule has 0 fully saturated rings. The smallest absolute Gasteiger partial charge is 0.174 e. The molecule has 0 amide bonds. The average molecular weight is 325 g/mol. The first-order chi connectivity index (χ1) is 12.2. The topological polar surface area (TPSA) is 90.9 Å². The van der Waals surface area contributed by atoms with E-state index in [9.17, 15) is 0 Å². The van der Waals surface area contributed by atoms with Gasteiger partial charge >= 0.3 is 0 Å². The summed E-state index contributed by atoms with van der Waals surface area (Å²) in [4.78, 5) is 4.09. The molecule has 0 aliphatic carbocycles. The van der Waals surface area contributed by atoms with Crippen molar-refractivity contribution < 1.29 is 0 Å². The first kappa shape index (κ1) is 16.0. The highest BCUT2D eigenvalue weighted by Gasteiger charge is 2.07. The highest BCUT2D eigenvalue weighted by atomic mass is 15.0. The average Bonchev–Trinajstić information content (AvgIpc) is 3.00. The summed E-state index contributed by atoms with van der Waals surface area (Å²) >= 11 is 0. The standard InChI is InChI=1S/C20H15N5/c21-10-18(23)19(11-22)24-12-16-14-25(13-15-6-2-1-3-7-15)20-9-5-4-8-17(16)20/h1-9,12,14H,13,23H2/b19-18-,24-12?. The number of nitrogens with zero attached hydrogens (tertiary/aromatic N) is 4. The lowest BCUT2D eigenvalue weighted by Gasteiger charge is -2.05. The second kappa shape index (κ2) is 7.16. The Morgan fingerprint density at radius 1 is 1.04 bits per heavy atom. The fourth-order valence-corrected chi connectivity index (χ4v) is 2.63. The number of nitrogens with two attached hydrogens (primary N) is 1. The van der Waals surface area contributed by atoms with Gasteiger partial charge in [0.15, 0.2) is 5.70 Å². The SMILES string of the molecule is N#C/C(N)=C(\C#N)N=Cc1cn(Cc2ccccc2)c2ccccc12. The Balaban J connectivity index is 2.03. The van der Waals surface area contributed by atoms with E-state index < -0.39 is 0 Å². The van der Waals surface area contributed by atoms with Gasteiger partial charge in [-0.1, -0.05) is 48.5 Å². The minimum atomic E-state index is -0.188. The Morgan fingerprint density at radius 2 is 1.76 bits per heavy atom. The van der Waals surface area contributed by atoms with Crippen molar-refractivity contribution in [2.24, 2.45) is 10.7 Å². The summed E-state index contributed by atoms with van der Waals surface area (Å²) in [5.74, 6) is 0. The van der Waals surface area contributed by atoms with Crippen LogP contribution in [0.5, 0.6) is 0 Å². The van der Waals surface area contributed by atoms with Gasteiger partial charge < -0.3 is 10.3 Å². The summed E-state index contributed by atoms with van der Waals surface area (Å²) in [6.07, 6.45) is 3.56. The van der Waals surface area contributed by atoms with Gasteiger partial charge in [0.05, 0.1) is 0 Å². The van der Waals surface area contributed by atoms with Crippen molar-refractivity contribution in [3.63, 3.8) is 0 Å². The maximum atomic E-state index is 9.06. The number of allylic oxidation sites excluding steroid dienone is 2. The molecule has 5 nitrogen and oxygen atoms in total. The summed E-state index contributed by atoms with van der Waals surface area (Å²) in [6.45, 7) is 0.733. The molecule has 5 heteroatoms. The van der Waals surface area contributed by atoms with Gasteiger partial charge in [-0.3, -0.25) is 0 Å². The van der Waals surface area contributed by atoms with Gasteiger partial charge in [0.1, 0.15) is 17.8 Å². The van der Waals surface area contributed by atoms with Gasteiger partial charge in [0.25, 0.3) is 0 Å². The molecule has 0 aliphatic rings. The van der Waals surface area contributed by atoms with Crippen molar-refractivity contribution in [2.45, 2.75) is 6.54 Å². The van der Waals surface area contributed by atoms with Crippen LogP contribution in [0.3, 0.4) is 0 Å². The quantitative estimate of drug-likeness (QED) is 0.589. The zero-order valence-corrected chi connectivity index (χ0v) is 13.4. The first-order valence-electron chi connectivity index (χ1n) is 7.68. The number of para-hydroxylation sites is 1. The van der Waals surface area contributed by atoms with Crippen molar-refractivity contribution in [3.05, 3.63) is 83.3 Å². The molecule has 3 rings (SSSR count). The van der Waals surface area contributed by atoms with Crippen LogP contribution in [-0.2, 0) is 6.54 Å². The Hall–Kier alpha value is -3.83. The van der Waals surface area contributed by atoms with Crippen LogP contribution in [0.2, 0.25) is 0 Å². The third-order valence-electron chi connectivity index (χ3n) is 3.83. The van der Waals surface area contributed by atoms with Gasteiger partial charge in [-0.05, 0) is 11.6 Å². The largest absolute Gasteiger partial charge is 0.388 e. The van der Waals surface area contributed by atoms with E-state index >= 15 is 0 Å². The zero-order valence-electron chi connectivity index (χ0n) is 13.4. The van der Waals surface area contributed by atoms with Crippen LogP contribution in [-0.4, -0.2) is 10.8 Å². The Bertz CT molecular complexity index is 1040. The summed E-state index contributed by atoms with van der Waals surface area (Å²) < 4.78 is 2.13. The van der Waals surface area contributed by atoms with Gasteiger partial charge in [0, 0.05) is 35.4 Å². The maximum absolute atomic E-state index is 9.06. The van der Waals surface area contributed by atoms with Crippen LogP contribution in [0.15, 0.2) is 77.2 Å². The maximum Gasteiger partial charge on any atom is 0.174 e. The number of benzene rings is 2. The second-order valence-electron chi connectivity index (χ2n) is 5.46. The van der Waals surface area contributed by atoms with Crippen molar-refractivity contribution >= 4 is 17.1 Å². The lowest BCUT2D eigenvalue weighted by Crippen LogP contribution is -1.98. The molecule has 0 saturated heterocycles. The summed E-state index contributed by atoms with van der Waals surface area (Å²) in [6, 6.07) is 21.7. The third kappa shape index (κ3) is 3.41. The van der Waals surface area contributed by atoms with Crippen molar-refractivity contribution in [2.75, 3.05) is 0 Å². The fraction of sp³-hybridized carbons (Fsp3) is 0.0500. The molecule has 0 bridgehead atoms. The number of aliphatic imine (C=N–C) groups is 1. The number of hydrogen-bond acceptors (Lipinski definition) is 4. The van der Waals surface area contributed by atoms with Crippen molar-refractivity contribution in [3.8, 4) is 12.1 Å². The molecule has 1 heterocycles. The van der Waals surface area contributed by atoms with Gasteiger partial charge in [0.2, 0.25) is 0 Å². The monoisotopic (exact) mass is 325 g/mol. The van der Waals surface area contributed by atoms with Crippen molar-refractivity contribution in [1.29, 1.82) is 10.5 Å². The molecule has 25 heavy (non-hydrogen) atoms. The molecule has 0 atom stereocenters. The molecule has 0 unspecified atom stereocenters. The number of aromatic nitrogens is 1. The number of fused-ring (bicyclic) bond motifs is 1. The van der Waals surface area contributed by atoms with Crippen LogP contribution < -0.4 is 5.73 Å². The predicted octanol–water partition coefficient (Wildman–Crippen LogP) is 3.33. The van der Waals surface area contributed by atoms with Crippen LogP contribution in [0.1, 0.15) is 11.1 Å². The highest BCUT2D eigenvalue weighted by Crippen LogP contribution is 2.21. The van der Waals surface area contributed by atoms with Gasteiger partial charge in [-0.25, -0.2) is 4.99 Å². The van der Waals surface area contributed by atoms with E-state index in [2.05, 4.69) is 21.7 Å². The lowest BCUT2D eigenvalue weighted by molar-refractivity contribution is 0.836. The van der Waals surface area contributed by atoms with E-state index in [-0.39, 0.29) is 11.4 Å². The van der Waals surface area contributed by atoms with E-state index in [0.29, 0.717) is 0 Å². The molecule has 0 spiro atoms. The summed E-state index contributed by atoms with van der Waals surface area (Å²) in [7, 11) is 0. The first-order valence-corrected chi connectivity index (χ1v) is 7.68. The van der Waals surface area contributed by atoms with E-state index in [1.165, 1.54) is 5.56 Å². The van der Waals surface area contributed by atoms with E-state index in [1.54, 1.807) is 12.3 Å². The zero-order chi connectivity index (χ0) is 17.6. The molecule has 1 aromatic heterocycles. The van der Waals surface area contributed by atoms with Gasteiger partial charge in [-0.15, -0.1) is 0 Å². The Morgan fingerprint density at radius 3 is 2.48 bits per heavy atom. The molecule has 2 N–H and O–H groups in total. The summed E-state index contributed by atoms with van der Waals surface area (Å²) in [5.41, 5.74) is 8.35. The van der Waals surface area contributed by atoms with Gasteiger partial charge in [-0.2, -0.15) is 10.5 Å². The van der Waals surface area contributed by atoms with Crippen LogP contribution in [0, 0.1) is 22.7 Å². The normalized spacial score (nSPS) is 11.9. The fourth-order valence-electron chi connectivity index (χ4n) is 2.63. The molecular formula is C20H15N5. The molecule has 3 aromatic rings.